The normalized spacial score (nSPS) is 15.0. The maximum Gasteiger partial charge on any atom is 0.106 e. The van der Waals surface area contributed by atoms with Crippen molar-refractivity contribution in [2.24, 2.45) is 0 Å². The van der Waals surface area contributed by atoms with Gasteiger partial charge in [0.15, 0.2) is 0 Å². The number of aliphatic hydroxyl groups excluding tert-OH is 2. The molecule has 15 heavy (non-hydrogen) atoms. The van der Waals surface area contributed by atoms with E-state index in [0.29, 0.717) is 22.2 Å². The van der Waals surface area contributed by atoms with Crippen LogP contribution in [0.5, 0.6) is 0 Å². The second-order valence-electron chi connectivity index (χ2n) is 3.24. The third-order valence-electron chi connectivity index (χ3n) is 2.06. The number of hydrogen-bond acceptors (Lipinski definition) is 3. The molecule has 0 aliphatic carbocycles. The zero-order valence-corrected chi connectivity index (χ0v) is 9.76. The lowest BCUT2D eigenvalue weighted by Gasteiger charge is -2.18. The molecule has 0 radical (unpaired) electrons. The van der Waals surface area contributed by atoms with Crippen molar-refractivity contribution in [1.82, 2.24) is 5.32 Å². The quantitative estimate of drug-likeness (QED) is 0.760. The smallest absolute Gasteiger partial charge is 0.106 e. The number of hydrogen-bond donors (Lipinski definition) is 3. The van der Waals surface area contributed by atoms with E-state index in [1.807, 2.05) is 0 Å². The minimum Gasteiger partial charge on any atom is -0.389 e. The van der Waals surface area contributed by atoms with Crippen molar-refractivity contribution >= 4 is 23.2 Å². The van der Waals surface area contributed by atoms with Gasteiger partial charge in [0.05, 0.1) is 16.1 Å². The van der Waals surface area contributed by atoms with Crippen LogP contribution >= 0.6 is 23.2 Å². The summed E-state index contributed by atoms with van der Waals surface area (Å²) in [6, 6.07) is 4.78. The highest BCUT2D eigenvalue weighted by Gasteiger charge is 2.18. The summed E-state index contributed by atoms with van der Waals surface area (Å²) in [5.74, 6) is 0. The summed E-state index contributed by atoms with van der Waals surface area (Å²) >= 11 is 11.5. The van der Waals surface area contributed by atoms with Crippen LogP contribution in [0.15, 0.2) is 18.2 Å². The molecule has 2 atom stereocenters. The van der Waals surface area contributed by atoms with Gasteiger partial charge in [-0.1, -0.05) is 29.3 Å². The van der Waals surface area contributed by atoms with Crippen molar-refractivity contribution in [3.05, 3.63) is 33.8 Å². The van der Waals surface area contributed by atoms with Gasteiger partial charge >= 0.3 is 0 Å². The molecule has 0 saturated heterocycles. The zero-order valence-electron chi connectivity index (χ0n) is 8.24. The van der Waals surface area contributed by atoms with Gasteiger partial charge in [-0.05, 0) is 24.7 Å². The molecule has 0 bridgehead atoms. The molecule has 3 nitrogen and oxygen atoms in total. The first-order chi connectivity index (χ1) is 7.06. The van der Waals surface area contributed by atoms with Crippen LogP contribution in [0.2, 0.25) is 10.0 Å². The second-order valence-corrected chi connectivity index (χ2v) is 4.06. The Hall–Kier alpha value is -0.320. The first-order valence-corrected chi connectivity index (χ1v) is 5.27. The average Bonchev–Trinajstić information content (AvgIpc) is 2.21. The van der Waals surface area contributed by atoms with Gasteiger partial charge in [0.25, 0.3) is 0 Å². The molecule has 0 heterocycles. The fourth-order valence-corrected chi connectivity index (χ4v) is 1.55. The number of benzene rings is 1. The standard InChI is InChI=1S/C10H13Cl2NO2/c1-13-5-9(14)10(15)6-2-3-7(11)8(12)4-6/h2-4,9-10,13-15H,5H2,1H3. The maximum absolute atomic E-state index is 9.74. The number of halogens is 2. The van der Waals surface area contributed by atoms with Crippen LogP contribution in [-0.2, 0) is 0 Å². The monoisotopic (exact) mass is 249 g/mol. The summed E-state index contributed by atoms with van der Waals surface area (Å²) < 4.78 is 0. The van der Waals surface area contributed by atoms with Crippen molar-refractivity contribution in [2.75, 3.05) is 13.6 Å². The molecule has 0 aromatic heterocycles. The lowest BCUT2D eigenvalue weighted by Crippen LogP contribution is -2.29. The third-order valence-corrected chi connectivity index (χ3v) is 2.80. The average molecular weight is 250 g/mol. The van der Waals surface area contributed by atoms with Crippen LogP contribution in [0, 0.1) is 0 Å². The second kappa shape index (κ2) is 5.68. The van der Waals surface area contributed by atoms with Crippen LogP contribution in [0.4, 0.5) is 0 Å². The zero-order chi connectivity index (χ0) is 11.4. The van der Waals surface area contributed by atoms with E-state index in [1.54, 1.807) is 25.2 Å². The van der Waals surface area contributed by atoms with Crippen LogP contribution < -0.4 is 5.32 Å². The van der Waals surface area contributed by atoms with Crippen molar-refractivity contribution in [1.29, 1.82) is 0 Å². The Bertz CT molecular complexity index is 333. The molecule has 3 N–H and O–H groups in total. The highest BCUT2D eigenvalue weighted by atomic mass is 35.5. The molecule has 0 aliphatic rings. The predicted octanol–water partition coefficient (Wildman–Crippen LogP) is 1.61. The van der Waals surface area contributed by atoms with E-state index < -0.39 is 12.2 Å². The first kappa shape index (κ1) is 12.7. The first-order valence-electron chi connectivity index (χ1n) is 4.52. The Balaban J connectivity index is 2.81. The molecule has 0 spiro atoms. The summed E-state index contributed by atoms with van der Waals surface area (Å²) in [6.07, 6.45) is -1.83. The van der Waals surface area contributed by atoms with E-state index in [-0.39, 0.29) is 0 Å². The molecule has 0 saturated carbocycles. The summed E-state index contributed by atoms with van der Waals surface area (Å²) in [7, 11) is 1.70. The SMILES string of the molecule is CNCC(O)C(O)c1ccc(Cl)c(Cl)c1. The Labute approximate surface area is 98.6 Å². The Morgan fingerprint density at radius 3 is 2.47 bits per heavy atom. The minimum atomic E-state index is -0.966. The largest absolute Gasteiger partial charge is 0.389 e. The van der Waals surface area contributed by atoms with Gasteiger partial charge in [0.2, 0.25) is 0 Å². The van der Waals surface area contributed by atoms with E-state index in [0.717, 1.165) is 0 Å². The van der Waals surface area contributed by atoms with E-state index in [1.165, 1.54) is 0 Å². The van der Waals surface area contributed by atoms with Crippen LogP contribution in [-0.4, -0.2) is 29.9 Å². The molecule has 0 fully saturated rings. The van der Waals surface area contributed by atoms with Gasteiger partial charge in [-0.15, -0.1) is 0 Å². The lowest BCUT2D eigenvalue weighted by molar-refractivity contribution is 0.0202. The summed E-state index contributed by atoms with van der Waals surface area (Å²) in [5, 5.41) is 22.9. The lowest BCUT2D eigenvalue weighted by atomic mass is 10.0. The van der Waals surface area contributed by atoms with E-state index in [2.05, 4.69) is 5.32 Å². The topological polar surface area (TPSA) is 52.5 Å². The maximum atomic E-state index is 9.74. The number of aliphatic hydroxyl groups is 2. The van der Waals surface area contributed by atoms with Gasteiger partial charge in [-0.3, -0.25) is 0 Å². The van der Waals surface area contributed by atoms with Gasteiger partial charge in [0.1, 0.15) is 6.10 Å². The number of rotatable bonds is 4. The van der Waals surface area contributed by atoms with E-state index in [9.17, 15) is 10.2 Å². The predicted molar refractivity (Wildman–Crippen MR) is 61.4 cm³/mol. The summed E-state index contributed by atoms with van der Waals surface area (Å²) in [5.41, 5.74) is 0.548. The van der Waals surface area contributed by atoms with E-state index in [4.69, 9.17) is 23.2 Å². The molecule has 1 rings (SSSR count). The highest BCUT2D eigenvalue weighted by Crippen LogP contribution is 2.26. The molecule has 0 amide bonds. The third kappa shape index (κ3) is 3.33. The van der Waals surface area contributed by atoms with Crippen LogP contribution in [0.1, 0.15) is 11.7 Å². The summed E-state index contributed by atoms with van der Waals surface area (Å²) in [6.45, 7) is 0.307. The Morgan fingerprint density at radius 1 is 1.27 bits per heavy atom. The summed E-state index contributed by atoms with van der Waals surface area (Å²) in [4.78, 5) is 0. The van der Waals surface area contributed by atoms with Crippen LogP contribution in [0.25, 0.3) is 0 Å². The molecule has 84 valence electrons. The fraction of sp³-hybridized carbons (Fsp3) is 0.400. The van der Waals surface area contributed by atoms with Gasteiger partial charge < -0.3 is 15.5 Å². The molecular formula is C10H13Cl2NO2. The van der Waals surface area contributed by atoms with Gasteiger partial charge in [-0.2, -0.15) is 0 Å². The van der Waals surface area contributed by atoms with Crippen LogP contribution in [0.3, 0.4) is 0 Å². The van der Waals surface area contributed by atoms with E-state index >= 15 is 0 Å². The Morgan fingerprint density at radius 2 is 1.93 bits per heavy atom. The molecular weight excluding hydrogens is 237 g/mol. The highest BCUT2D eigenvalue weighted by molar-refractivity contribution is 6.42. The minimum absolute atomic E-state index is 0.307. The fourth-order valence-electron chi connectivity index (χ4n) is 1.24. The van der Waals surface area contributed by atoms with Crippen molar-refractivity contribution < 1.29 is 10.2 Å². The number of nitrogens with one attached hydrogen (secondary N) is 1. The molecule has 0 aliphatic heterocycles. The van der Waals surface area contributed by atoms with Crippen molar-refractivity contribution in [2.45, 2.75) is 12.2 Å². The van der Waals surface area contributed by atoms with Crippen molar-refractivity contribution in [3.8, 4) is 0 Å². The number of likely N-dealkylation sites (N-methyl/N-ethyl adjacent to an activating group) is 1. The molecule has 1 aromatic carbocycles. The molecule has 2 unspecified atom stereocenters. The molecule has 1 aromatic rings. The van der Waals surface area contributed by atoms with Gasteiger partial charge in [0, 0.05) is 6.54 Å². The van der Waals surface area contributed by atoms with Gasteiger partial charge in [-0.25, -0.2) is 0 Å². The Kier molecular flexibility index (Phi) is 4.83. The molecule has 5 heteroatoms. The van der Waals surface area contributed by atoms with Crippen molar-refractivity contribution in [3.63, 3.8) is 0 Å².